The Kier molecular flexibility index (Phi) is 5.54. The summed E-state index contributed by atoms with van der Waals surface area (Å²) in [6.45, 7) is -0.160. The molecule has 114 valence electrons. The van der Waals surface area contributed by atoms with Gasteiger partial charge in [-0.25, -0.2) is 0 Å². The lowest BCUT2D eigenvalue weighted by Gasteiger charge is -2.17. The third-order valence-corrected chi connectivity index (χ3v) is 3.03. The summed E-state index contributed by atoms with van der Waals surface area (Å²) in [6, 6.07) is 17.4. The van der Waals surface area contributed by atoms with Crippen LogP contribution in [0.5, 0.6) is 5.75 Å². The largest absolute Gasteiger partial charge is 0.484 e. The molecule has 0 aromatic heterocycles. The van der Waals surface area contributed by atoms with Crippen LogP contribution in [0.3, 0.4) is 0 Å². The summed E-state index contributed by atoms with van der Waals surface area (Å²) in [6.07, 6.45) is -0.179. The number of carboxylic acids is 1. The van der Waals surface area contributed by atoms with E-state index in [0.29, 0.717) is 5.75 Å². The number of benzene rings is 2. The lowest BCUT2D eigenvalue weighted by atomic mass is 10.0. The average Bonchev–Trinajstić information content (AvgIpc) is 2.54. The molecule has 2 N–H and O–H groups in total. The molecule has 5 nitrogen and oxygen atoms in total. The van der Waals surface area contributed by atoms with Crippen molar-refractivity contribution in [2.24, 2.45) is 0 Å². The molecule has 0 radical (unpaired) electrons. The smallest absolute Gasteiger partial charge is 0.305 e. The van der Waals surface area contributed by atoms with Crippen molar-refractivity contribution < 1.29 is 19.4 Å². The minimum atomic E-state index is -0.974. The number of ether oxygens (including phenoxy) is 1. The molecule has 2 rings (SSSR count). The van der Waals surface area contributed by atoms with Crippen LogP contribution >= 0.6 is 0 Å². The van der Waals surface area contributed by atoms with Crippen molar-refractivity contribution >= 4 is 11.9 Å². The van der Waals surface area contributed by atoms with E-state index >= 15 is 0 Å². The molecule has 2 aromatic rings. The minimum Gasteiger partial charge on any atom is -0.484 e. The summed E-state index contributed by atoms with van der Waals surface area (Å²) in [5.74, 6) is -0.746. The summed E-state index contributed by atoms with van der Waals surface area (Å²) in [4.78, 5) is 22.9. The Morgan fingerprint density at radius 2 is 1.59 bits per heavy atom. The third-order valence-electron chi connectivity index (χ3n) is 3.03. The fourth-order valence-corrected chi connectivity index (χ4v) is 2.01. The first-order valence-corrected chi connectivity index (χ1v) is 6.89. The first-order chi connectivity index (χ1) is 10.6. The SMILES string of the molecule is O=C(O)CC(NC(=O)COc1ccccc1)c1ccccc1. The summed E-state index contributed by atoms with van der Waals surface area (Å²) >= 11 is 0. The van der Waals surface area contributed by atoms with Crippen LogP contribution in [0.1, 0.15) is 18.0 Å². The summed E-state index contributed by atoms with van der Waals surface area (Å²) in [5.41, 5.74) is 0.748. The Bertz CT molecular complexity index is 613. The summed E-state index contributed by atoms with van der Waals surface area (Å²) in [5, 5.41) is 11.7. The van der Waals surface area contributed by atoms with Crippen molar-refractivity contribution in [1.29, 1.82) is 0 Å². The predicted molar refractivity (Wildman–Crippen MR) is 81.5 cm³/mol. The number of hydrogen-bond acceptors (Lipinski definition) is 3. The highest BCUT2D eigenvalue weighted by Gasteiger charge is 2.18. The van der Waals surface area contributed by atoms with E-state index in [9.17, 15) is 9.59 Å². The molecule has 22 heavy (non-hydrogen) atoms. The maximum Gasteiger partial charge on any atom is 0.305 e. The second-order valence-corrected chi connectivity index (χ2v) is 4.73. The van der Waals surface area contributed by atoms with E-state index in [4.69, 9.17) is 9.84 Å². The maximum absolute atomic E-state index is 12.0. The van der Waals surface area contributed by atoms with Crippen molar-refractivity contribution in [1.82, 2.24) is 5.32 Å². The van der Waals surface area contributed by atoms with Gasteiger partial charge in [-0.15, -0.1) is 0 Å². The molecule has 0 aliphatic rings. The topological polar surface area (TPSA) is 75.6 Å². The number of aliphatic carboxylic acids is 1. The van der Waals surface area contributed by atoms with Gasteiger partial charge >= 0.3 is 5.97 Å². The monoisotopic (exact) mass is 299 g/mol. The lowest BCUT2D eigenvalue weighted by molar-refractivity contribution is -0.137. The fourth-order valence-electron chi connectivity index (χ4n) is 2.01. The number of nitrogens with one attached hydrogen (secondary N) is 1. The molecule has 5 heteroatoms. The first kappa shape index (κ1) is 15.6. The van der Waals surface area contributed by atoms with Crippen molar-refractivity contribution in [3.05, 3.63) is 66.2 Å². The molecule has 0 aliphatic carbocycles. The Morgan fingerprint density at radius 1 is 1.00 bits per heavy atom. The molecule has 0 saturated heterocycles. The van der Waals surface area contributed by atoms with Gasteiger partial charge in [0.1, 0.15) is 5.75 Å². The van der Waals surface area contributed by atoms with Crippen LogP contribution in [-0.4, -0.2) is 23.6 Å². The van der Waals surface area contributed by atoms with Crippen molar-refractivity contribution in [2.75, 3.05) is 6.61 Å². The number of rotatable bonds is 7. The second-order valence-electron chi connectivity index (χ2n) is 4.73. The molecular formula is C17H17NO4. The van der Waals surface area contributed by atoms with Gasteiger partial charge in [0.25, 0.3) is 5.91 Å². The number of carbonyl (C=O) groups excluding carboxylic acids is 1. The third kappa shape index (κ3) is 4.94. The second kappa shape index (κ2) is 7.83. The van der Waals surface area contributed by atoms with Crippen molar-refractivity contribution in [3.63, 3.8) is 0 Å². The van der Waals surface area contributed by atoms with Gasteiger partial charge in [-0.1, -0.05) is 48.5 Å². The van der Waals surface area contributed by atoms with E-state index < -0.39 is 12.0 Å². The molecular weight excluding hydrogens is 282 g/mol. The standard InChI is InChI=1S/C17H17NO4/c19-16(12-22-14-9-5-2-6-10-14)18-15(11-17(20)21)13-7-3-1-4-8-13/h1-10,15H,11-12H2,(H,18,19)(H,20,21). The van der Waals surface area contributed by atoms with Gasteiger partial charge in [0.2, 0.25) is 0 Å². The van der Waals surface area contributed by atoms with Gasteiger partial charge in [-0.3, -0.25) is 9.59 Å². The van der Waals surface area contributed by atoms with E-state index in [1.165, 1.54) is 0 Å². The van der Waals surface area contributed by atoms with Crippen LogP contribution in [-0.2, 0) is 9.59 Å². The molecule has 1 unspecified atom stereocenters. The van der Waals surface area contributed by atoms with Crippen LogP contribution < -0.4 is 10.1 Å². The van der Waals surface area contributed by atoms with E-state index in [0.717, 1.165) is 5.56 Å². The number of carboxylic acid groups (broad SMARTS) is 1. The molecule has 1 atom stereocenters. The molecule has 0 bridgehead atoms. The van der Waals surface area contributed by atoms with Crippen LogP contribution in [0.4, 0.5) is 0 Å². The molecule has 0 spiro atoms. The number of hydrogen-bond donors (Lipinski definition) is 2. The van der Waals surface area contributed by atoms with Gasteiger partial charge in [-0.2, -0.15) is 0 Å². The number of amides is 1. The van der Waals surface area contributed by atoms with E-state index in [-0.39, 0.29) is 18.9 Å². The first-order valence-electron chi connectivity index (χ1n) is 6.89. The molecule has 0 fully saturated rings. The van der Waals surface area contributed by atoms with Crippen LogP contribution in [0.2, 0.25) is 0 Å². The zero-order chi connectivity index (χ0) is 15.8. The quantitative estimate of drug-likeness (QED) is 0.823. The molecule has 0 heterocycles. The van der Waals surface area contributed by atoms with E-state index in [1.807, 2.05) is 24.3 Å². The zero-order valence-corrected chi connectivity index (χ0v) is 11.9. The van der Waals surface area contributed by atoms with Gasteiger partial charge in [0.05, 0.1) is 12.5 Å². The highest BCUT2D eigenvalue weighted by Crippen LogP contribution is 2.16. The van der Waals surface area contributed by atoms with Crippen LogP contribution in [0, 0.1) is 0 Å². The molecule has 0 aliphatic heterocycles. The Morgan fingerprint density at radius 3 is 2.18 bits per heavy atom. The predicted octanol–water partition coefficient (Wildman–Crippen LogP) is 2.40. The van der Waals surface area contributed by atoms with Gasteiger partial charge < -0.3 is 15.2 Å². The van der Waals surface area contributed by atoms with Crippen LogP contribution in [0.15, 0.2) is 60.7 Å². The van der Waals surface area contributed by atoms with E-state index in [2.05, 4.69) is 5.32 Å². The molecule has 0 saturated carbocycles. The van der Waals surface area contributed by atoms with E-state index in [1.54, 1.807) is 36.4 Å². The van der Waals surface area contributed by atoms with Crippen molar-refractivity contribution in [3.8, 4) is 5.75 Å². The highest BCUT2D eigenvalue weighted by molar-refractivity contribution is 5.79. The van der Waals surface area contributed by atoms with Crippen molar-refractivity contribution in [2.45, 2.75) is 12.5 Å². The minimum absolute atomic E-state index is 0.160. The normalized spacial score (nSPS) is 11.5. The molecule has 2 aromatic carbocycles. The Balaban J connectivity index is 1.95. The van der Waals surface area contributed by atoms with Gasteiger partial charge in [0.15, 0.2) is 6.61 Å². The number of para-hydroxylation sites is 1. The zero-order valence-electron chi connectivity index (χ0n) is 11.9. The average molecular weight is 299 g/mol. The van der Waals surface area contributed by atoms with Crippen LogP contribution in [0.25, 0.3) is 0 Å². The fraction of sp³-hybridized carbons (Fsp3) is 0.176. The van der Waals surface area contributed by atoms with Gasteiger partial charge in [-0.05, 0) is 17.7 Å². The summed E-state index contributed by atoms with van der Waals surface area (Å²) < 4.78 is 5.35. The maximum atomic E-state index is 12.0. The highest BCUT2D eigenvalue weighted by atomic mass is 16.5. The Labute approximate surface area is 128 Å². The van der Waals surface area contributed by atoms with Gasteiger partial charge in [0, 0.05) is 0 Å². The lowest BCUT2D eigenvalue weighted by Crippen LogP contribution is -2.33. The molecule has 1 amide bonds. The Hall–Kier alpha value is -2.82. The number of carbonyl (C=O) groups is 2. The summed E-state index contributed by atoms with van der Waals surface area (Å²) in [7, 11) is 0.